The Hall–Kier alpha value is -1.15. The molecular weight excluding hydrogens is 303 g/mol. The monoisotopic (exact) mass is 320 g/mol. The van der Waals surface area contributed by atoms with Crippen molar-refractivity contribution >= 4 is 15.9 Å². The smallest absolute Gasteiger partial charge is 0.129 e. The van der Waals surface area contributed by atoms with Gasteiger partial charge in [0.2, 0.25) is 0 Å². The molecule has 0 nitrogen and oxygen atoms in total. The SMILES string of the molecule is Cc1ccc(C)c(C(Br)c2cc(C)c(F)c(C)c2)c1. The van der Waals surface area contributed by atoms with E-state index in [1.54, 1.807) is 0 Å². The number of hydrogen-bond donors (Lipinski definition) is 0. The summed E-state index contributed by atoms with van der Waals surface area (Å²) in [5.41, 5.74) is 6.22. The lowest BCUT2D eigenvalue weighted by atomic mass is 9.96. The Balaban J connectivity index is 2.49. The van der Waals surface area contributed by atoms with Crippen molar-refractivity contribution in [2.75, 3.05) is 0 Å². The molecule has 0 aromatic heterocycles. The molecule has 1 unspecified atom stereocenters. The molecule has 2 heteroatoms. The maximum absolute atomic E-state index is 13.7. The number of hydrogen-bond acceptors (Lipinski definition) is 0. The van der Waals surface area contributed by atoms with E-state index in [-0.39, 0.29) is 10.6 Å². The van der Waals surface area contributed by atoms with Crippen molar-refractivity contribution < 1.29 is 4.39 Å². The van der Waals surface area contributed by atoms with Gasteiger partial charge in [0.15, 0.2) is 0 Å². The number of rotatable bonds is 2. The van der Waals surface area contributed by atoms with Crippen molar-refractivity contribution in [1.82, 2.24) is 0 Å². The Kier molecular flexibility index (Phi) is 4.10. The summed E-state index contributed by atoms with van der Waals surface area (Å²) in [6.45, 7) is 7.82. The van der Waals surface area contributed by atoms with Crippen molar-refractivity contribution in [3.05, 3.63) is 69.5 Å². The maximum atomic E-state index is 13.7. The van der Waals surface area contributed by atoms with Crippen molar-refractivity contribution in [2.45, 2.75) is 32.5 Å². The molecule has 0 fully saturated rings. The molecular formula is C17H18BrF. The first kappa shape index (κ1) is 14.3. The summed E-state index contributed by atoms with van der Waals surface area (Å²) in [6.07, 6.45) is 0. The highest BCUT2D eigenvalue weighted by Crippen LogP contribution is 2.34. The lowest BCUT2D eigenvalue weighted by molar-refractivity contribution is 0.608. The topological polar surface area (TPSA) is 0 Å². The third-order valence-electron chi connectivity index (χ3n) is 3.46. The van der Waals surface area contributed by atoms with Crippen LogP contribution in [0, 0.1) is 33.5 Å². The van der Waals surface area contributed by atoms with Gasteiger partial charge >= 0.3 is 0 Å². The largest absolute Gasteiger partial charge is 0.206 e. The Bertz CT molecular complexity index is 594. The molecule has 0 spiro atoms. The summed E-state index contributed by atoms with van der Waals surface area (Å²) in [5.74, 6) is -0.107. The van der Waals surface area contributed by atoms with Crippen LogP contribution in [0.5, 0.6) is 0 Å². The van der Waals surface area contributed by atoms with Crippen LogP contribution < -0.4 is 0 Å². The normalized spacial score (nSPS) is 12.5. The van der Waals surface area contributed by atoms with E-state index in [4.69, 9.17) is 0 Å². The summed E-state index contributed by atoms with van der Waals surface area (Å²) < 4.78 is 13.7. The molecule has 100 valence electrons. The average Bonchev–Trinajstić information content (AvgIpc) is 2.37. The van der Waals surface area contributed by atoms with Crippen molar-refractivity contribution in [2.24, 2.45) is 0 Å². The van der Waals surface area contributed by atoms with E-state index in [1.807, 2.05) is 26.0 Å². The van der Waals surface area contributed by atoms with E-state index >= 15 is 0 Å². The van der Waals surface area contributed by atoms with Gasteiger partial charge < -0.3 is 0 Å². The Morgan fingerprint density at radius 2 is 1.47 bits per heavy atom. The molecule has 0 heterocycles. The first-order chi connectivity index (χ1) is 8.90. The van der Waals surface area contributed by atoms with Crippen LogP contribution in [0.3, 0.4) is 0 Å². The highest BCUT2D eigenvalue weighted by Gasteiger charge is 2.15. The standard InChI is InChI=1S/C17H18BrF/c1-10-5-6-11(2)15(7-10)16(18)14-8-12(3)17(19)13(4)9-14/h5-9,16H,1-4H3. The van der Waals surface area contributed by atoms with Gasteiger partial charge in [-0.25, -0.2) is 4.39 Å². The summed E-state index contributed by atoms with van der Waals surface area (Å²) >= 11 is 3.75. The van der Waals surface area contributed by atoms with Gasteiger partial charge in [0.05, 0.1) is 4.83 Å². The zero-order chi connectivity index (χ0) is 14.2. The first-order valence-corrected chi connectivity index (χ1v) is 7.29. The molecule has 0 bridgehead atoms. The Morgan fingerprint density at radius 1 is 0.895 bits per heavy atom. The van der Waals surface area contributed by atoms with E-state index in [0.717, 1.165) is 5.56 Å². The average molecular weight is 321 g/mol. The minimum Gasteiger partial charge on any atom is -0.206 e. The van der Waals surface area contributed by atoms with Gasteiger partial charge in [-0.1, -0.05) is 51.8 Å². The predicted molar refractivity (Wildman–Crippen MR) is 82.6 cm³/mol. The third-order valence-corrected chi connectivity index (χ3v) is 4.48. The molecule has 2 rings (SSSR count). The highest BCUT2D eigenvalue weighted by atomic mass is 79.9. The predicted octanol–water partition coefficient (Wildman–Crippen LogP) is 5.54. The van der Waals surface area contributed by atoms with Crippen LogP contribution in [-0.4, -0.2) is 0 Å². The quantitative estimate of drug-likeness (QED) is 0.637. The fourth-order valence-electron chi connectivity index (χ4n) is 2.34. The van der Waals surface area contributed by atoms with Gasteiger partial charge in [-0.15, -0.1) is 0 Å². The molecule has 0 aliphatic heterocycles. The summed E-state index contributed by atoms with van der Waals surface area (Å²) in [7, 11) is 0. The molecule has 2 aromatic carbocycles. The molecule has 0 N–H and O–H groups in total. The number of aryl methyl sites for hydroxylation is 4. The second-order valence-electron chi connectivity index (χ2n) is 5.19. The number of benzene rings is 2. The minimum atomic E-state index is -0.107. The van der Waals surface area contributed by atoms with E-state index in [1.165, 1.54) is 16.7 Å². The van der Waals surface area contributed by atoms with Gasteiger partial charge in [0.25, 0.3) is 0 Å². The van der Waals surface area contributed by atoms with Crippen LogP contribution in [0.15, 0.2) is 30.3 Å². The highest BCUT2D eigenvalue weighted by molar-refractivity contribution is 9.09. The van der Waals surface area contributed by atoms with Gasteiger partial charge in [0.1, 0.15) is 5.82 Å². The molecule has 0 saturated carbocycles. The van der Waals surface area contributed by atoms with Crippen molar-refractivity contribution in [1.29, 1.82) is 0 Å². The van der Waals surface area contributed by atoms with Crippen molar-refractivity contribution in [3.63, 3.8) is 0 Å². The molecule has 2 aromatic rings. The van der Waals surface area contributed by atoms with E-state index in [0.29, 0.717) is 11.1 Å². The Labute approximate surface area is 122 Å². The lowest BCUT2D eigenvalue weighted by Crippen LogP contribution is -1.99. The maximum Gasteiger partial charge on any atom is 0.129 e. The molecule has 0 radical (unpaired) electrons. The second kappa shape index (κ2) is 5.46. The van der Waals surface area contributed by atoms with Crippen LogP contribution in [0.1, 0.15) is 38.2 Å². The summed E-state index contributed by atoms with van der Waals surface area (Å²) in [6, 6.07) is 10.3. The molecule has 0 amide bonds. The van der Waals surface area contributed by atoms with E-state index in [9.17, 15) is 4.39 Å². The minimum absolute atomic E-state index is 0.102. The molecule has 0 saturated heterocycles. The zero-order valence-corrected chi connectivity index (χ0v) is 13.3. The number of halogens is 2. The summed E-state index contributed by atoms with van der Waals surface area (Å²) in [4.78, 5) is 0.102. The number of alkyl halides is 1. The molecule has 0 aliphatic carbocycles. The lowest BCUT2D eigenvalue weighted by Gasteiger charge is -2.16. The first-order valence-electron chi connectivity index (χ1n) is 6.38. The fourth-order valence-corrected chi connectivity index (χ4v) is 3.10. The van der Waals surface area contributed by atoms with Crippen LogP contribution >= 0.6 is 15.9 Å². The molecule has 0 aliphatic rings. The van der Waals surface area contributed by atoms with Gasteiger partial charge in [-0.3, -0.25) is 0 Å². The van der Waals surface area contributed by atoms with Gasteiger partial charge in [0, 0.05) is 0 Å². The second-order valence-corrected chi connectivity index (χ2v) is 6.11. The van der Waals surface area contributed by atoms with E-state index < -0.39 is 0 Å². The van der Waals surface area contributed by atoms with Crippen LogP contribution in [-0.2, 0) is 0 Å². The molecule has 1 atom stereocenters. The summed E-state index contributed by atoms with van der Waals surface area (Å²) in [5, 5.41) is 0. The van der Waals surface area contributed by atoms with Crippen molar-refractivity contribution in [3.8, 4) is 0 Å². The van der Waals surface area contributed by atoms with Crippen LogP contribution in [0.2, 0.25) is 0 Å². The van der Waals surface area contributed by atoms with Crippen LogP contribution in [0.4, 0.5) is 4.39 Å². The zero-order valence-electron chi connectivity index (χ0n) is 11.7. The fraction of sp³-hybridized carbons (Fsp3) is 0.294. The molecule has 19 heavy (non-hydrogen) atoms. The van der Waals surface area contributed by atoms with Gasteiger partial charge in [-0.05, 0) is 55.5 Å². The Morgan fingerprint density at radius 3 is 2.05 bits per heavy atom. The third kappa shape index (κ3) is 2.89. The van der Waals surface area contributed by atoms with E-state index in [2.05, 4.69) is 48.0 Å². The van der Waals surface area contributed by atoms with Crippen LogP contribution in [0.25, 0.3) is 0 Å². The van der Waals surface area contributed by atoms with Gasteiger partial charge in [-0.2, -0.15) is 0 Å².